The second-order valence-corrected chi connectivity index (χ2v) is 6.62. The molecule has 130 valence electrons. The van der Waals surface area contributed by atoms with Crippen LogP contribution in [0.4, 0.5) is 11.5 Å². The summed E-state index contributed by atoms with van der Waals surface area (Å²) in [6, 6.07) is 19.0. The molecule has 0 bridgehead atoms. The highest BCUT2D eigenvalue weighted by molar-refractivity contribution is 6.30. The molecule has 2 heterocycles. The number of halogens is 2. The summed E-state index contributed by atoms with van der Waals surface area (Å²) < 4.78 is 7.29. The van der Waals surface area contributed by atoms with Gasteiger partial charge in [0.15, 0.2) is 0 Å². The fraction of sp³-hybridized carbons (Fsp3) is 0.0500. The van der Waals surface area contributed by atoms with Gasteiger partial charge in [0.25, 0.3) is 0 Å². The Labute approximate surface area is 161 Å². The Morgan fingerprint density at radius 3 is 2.50 bits per heavy atom. The van der Waals surface area contributed by atoms with Crippen molar-refractivity contribution in [1.29, 1.82) is 0 Å². The highest BCUT2D eigenvalue weighted by Gasteiger charge is 2.15. The van der Waals surface area contributed by atoms with E-state index in [0.29, 0.717) is 10.0 Å². The van der Waals surface area contributed by atoms with Crippen molar-refractivity contribution in [2.45, 2.75) is 0 Å². The van der Waals surface area contributed by atoms with Gasteiger partial charge < -0.3 is 10.1 Å². The molecule has 0 aliphatic rings. The molecule has 4 rings (SSSR count). The number of anilines is 2. The normalized spacial score (nSPS) is 10.9. The number of imidazole rings is 1. The molecule has 0 spiro atoms. The van der Waals surface area contributed by atoms with Crippen LogP contribution in [0.25, 0.3) is 16.9 Å². The molecule has 4 nitrogen and oxygen atoms in total. The van der Waals surface area contributed by atoms with E-state index in [2.05, 4.69) is 5.32 Å². The lowest BCUT2D eigenvalue weighted by Crippen LogP contribution is -1.97. The summed E-state index contributed by atoms with van der Waals surface area (Å²) in [7, 11) is 1.65. The van der Waals surface area contributed by atoms with Gasteiger partial charge in [-0.05, 0) is 48.5 Å². The first kappa shape index (κ1) is 16.8. The lowest BCUT2D eigenvalue weighted by molar-refractivity contribution is 0.415. The molecule has 0 fully saturated rings. The third-order valence-electron chi connectivity index (χ3n) is 4.03. The maximum absolute atomic E-state index is 6.20. The monoisotopic (exact) mass is 383 g/mol. The minimum absolute atomic E-state index is 0.631. The molecule has 2 aromatic carbocycles. The third-order valence-corrected chi connectivity index (χ3v) is 4.51. The zero-order valence-corrected chi connectivity index (χ0v) is 15.4. The largest absolute Gasteiger partial charge is 0.497 e. The van der Waals surface area contributed by atoms with E-state index in [1.807, 2.05) is 71.3 Å². The predicted molar refractivity (Wildman–Crippen MR) is 107 cm³/mol. The summed E-state index contributed by atoms with van der Waals surface area (Å²) in [6.07, 6.45) is 1.84. The zero-order chi connectivity index (χ0) is 18.1. The van der Waals surface area contributed by atoms with Crippen LogP contribution in [0.2, 0.25) is 10.0 Å². The third kappa shape index (κ3) is 3.21. The standard InChI is InChI=1S/C20H15Cl2N3O/c1-26-17-4-2-3-13(11-17)19-20(23-16-8-5-14(21)6-9-16)25-12-15(22)7-10-18(25)24-19/h2-12,23H,1H3. The van der Waals surface area contributed by atoms with Crippen LogP contribution in [-0.4, -0.2) is 16.5 Å². The molecule has 0 aliphatic carbocycles. The Bertz CT molecular complexity index is 1070. The van der Waals surface area contributed by atoms with Crippen molar-refractivity contribution in [2.24, 2.45) is 0 Å². The van der Waals surface area contributed by atoms with Crippen LogP contribution in [0.1, 0.15) is 0 Å². The van der Waals surface area contributed by atoms with Crippen molar-refractivity contribution in [3.05, 3.63) is 76.9 Å². The van der Waals surface area contributed by atoms with Crippen molar-refractivity contribution >= 4 is 40.4 Å². The van der Waals surface area contributed by atoms with E-state index in [4.69, 9.17) is 32.9 Å². The molecule has 2 aromatic heterocycles. The molecule has 0 amide bonds. The highest BCUT2D eigenvalue weighted by atomic mass is 35.5. The van der Waals surface area contributed by atoms with Gasteiger partial charge in [-0.3, -0.25) is 4.40 Å². The maximum atomic E-state index is 6.20. The smallest absolute Gasteiger partial charge is 0.143 e. The molecule has 0 radical (unpaired) electrons. The average molecular weight is 384 g/mol. The van der Waals surface area contributed by atoms with Crippen molar-refractivity contribution in [3.8, 4) is 17.0 Å². The fourth-order valence-corrected chi connectivity index (χ4v) is 3.07. The number of rotatable bonds is 4. The van der Waals surface area contributed by atoms with E-state index in [9.17, 15) is 0 Å². The van der Waals surface area contributed by atoms with Crippen LogP contribution < -0.4 is 10.1 Å². The van der Waals surface area contributed by atoms with Crippen molar-refractivity contribution in [3.63, 3.8) is 0 Å². The minimum atomic E-state index is 0.631. The molecule has 0 saturated heterocycles. The SMILES string of the molecule is COc1cccc(-c2nc3ccc(Cl)cn3c2Nc2ccc(Cl)cc2)c1. The first-order valence-electron chi connectivity index (χ1n) is 7.99. The van der Waals surface area contributed by atoms with Crippen LogP contribution in [0.3, 0.4) is 0 Å². The number of methoxy groups -OCH3 is 1. The summed E-state index contributed by atoms with van der Waals surface area (Å²) in [5.74, 6) is 1.59. The first-order chi connectivity index (χ1) is 12.6. The summed E-state index contributed by atoms with van der Waals surface area (Å²) in [4.78, 5) is 4.77. The summed E-state index contributed by atoms with van der Waals surface area (Å²) in [5.41, 5.74) is 3.45. The Morgan fingerprint density at radius 1 is 0.962 bits per heavy atom. The van der Waals surface area contributed by atoms with Gasteiger partial charge in [-0.25, -0.2) is 4.98 Å². The van der Waals surface area contributed by atoms with E-state index in [-0.39, 0.29) is 0 Å². The van der Waals surface area contributed by atoms with Gasteiger partial charge in [-0.15, -0.1) is 0 Å². The molecular formula is C20H15Cl2N3O. The Hall–Kier alpha value is -2.69. The molecule has 0 atom stereocenters. The quantitative estimate of drug-likeness (QED) is 0.465. The van der Waals surface area contributed by atoms with Gasteiger partial charge in [-0.1, -0.05) is 35.3 Å². The number of fused-ring (bicyclic) bond motifs is 1. The molecule has 0 saturated carbocycles. The number of aromatic nitrogens is 2. The van der Waals surface area contributed by atoms with E-state index in [1.165, 1.54) is 0 Å². The molecule has 1 N–H and O–H groups in total. The average Bonchev–Trinajstić information content (AvgIpc) is 3.01. The van der Waals surface area contributed by atoms with Gasteiger partial charge in [-0.2, -0.15) is 0 Å². The van der Waals surface area contributed by atoms with E-state index < -0.39 is 0 Å². The van der Waals surface area contributed by atoms with Crippen LogP contribution in [0, 0.1) is 0 Å². The minimum Gasteiger partial charge on any atom is -0.497 e. The lowest BCUT2D eigenvalue weighted by atomic mass is 10.1. The van der Waals surface area contributed by atoms with Crippen LogP contribution in [0.5, 0.6) is 5.75 Å². The van der Waals surface area contributed by atoms with Gasteiger partial charge in [0.05, 0.1) is 12.1 Å². The number of benzene rings is 2. The van der Waals surface area contributed by atoms with Crippen molar-refractivity contribution < 1.29 is 4.74 Å². The van der Waals surface area contributed by atoms with Gasteiger partial charge in [0, 0.05) is 22.5 Å². The van der Waals surface area contributed by atoms with E-state index in [1.54, 1.807) is 7.11 Å². The summed E-state index contributed by atoms with van der Waals surface area (Å²) >= 11 is 12.2. The number of ether oxygens (including phenoxy) is 1. The predicted octanol–water partition coefficient (Wildman–Crippen LogP) is 6.06. The fourth-order valence-electron chi connectivity index (χ4n) is 2.78. The first-order valence-corrected chi connectivity index (χ1v) is 8.74. The lowest BCUT2D eigenvalue weighted by Gasteiger charge is -2.10. The van der Waals surface area contributed by atoms with Gasteiger partial charge in [0.1, 0.15) is 22.9 Å². The number of nitrogens with zero attached hydrogens (tertiary/aromatic N) is 2. The second kappa shape index (κ2) is 6.90. The van der Waals surface area contributed by atoms with Crippen molar-refractivity contribution in [2.75, 3.05) is 12.4 Å². The van der Waals surface area contributed by atoms with Crippen LogP contribution >= 0.6 is 23.2 Å². The molecular weight excluding hydrogens is 369 g/mol. The number of nitrogens with one attached hydrogen (secondary N) is 1. The summed E-state index contributed by atoms with van der Waals surface area (Å²) in [6.45, 7) is 0. The molecule has 4 aromatic rings. The Kier molecular flexibility index (Phi) is 4.45. The molecule has 0 aliphatic heterocycles. The highest BCUT2D eigenvalue weighted by Crippen LogP contribution is 2.33. The molecule has 0 unspecified atom stereocenters. The number of hydrogen-bond acceptors (Lipinski definition) is 3. The van der Waals surface area contributed by atoms with Gasteiger partial charge >= 0.3 is 0 Å². The van der Waals surface area contributed by atoms with Crippen LogP contribution in [0.15, 0.2) is 66.9 Å². The number of pyridine rings is 1. The Balaban J connectivity index is 1.89. The van der Waals surface area contributed by atoms with Gasteiger partial charge in [0.2, 0.25) is 0 Å². The second-order valence-electron chi connectivity index (χ2n) is 5.75. The Morgan fingerprint density at radius 2 is 1.73 bits per heavy atom. The van der Waals surface area contributed by atoms with Crippen LogP contribution in [-0.2, 0) is 0 Å². The zero-order valence-electron chi connectivity index (χ0n) is 13.9. The summed E-state index contributed by atoms with van der Waals surface area (Å²) in [5, 5.41) is 4.74. The maximum Gasteiger partial charge on any atom is 0.143 e. The number of hydrogen-bond donors (Lipinski definition) is 1. The van der Waals surface area contributed by atoms with Crippen molar-refractivity contribution in [1.82, 2.24) is 9.38 Å². The van der Waals surface area contributed by atoms with E-state index >= 15 is 0 Å². The molecule has 26 heavy (non-hydrogen) atoms. The molecule has 6 heteroatoms. The van der Waals surface area contributed by atoms with E-state index in [0.717, 1.165) is 34.2 Å². The topological polar surface area (TPSA) is 38.6 Å².